The summed E-state index contributed by atoms with van der Waals surface area (Å²) < 4.78 is 0. The molecule has 0 aromatic rings. The van der Waals surface area contributed by atoms with Crippen LogP contribution < -0.4 is 16.4 Å². The molecule has 1 aliphatic rings. The van der Waals surface area contributed by atoms with Gasteiger partial charge in [-0.25, -0.2) is 0 Å². The van der Waals surface area contributed by atoms with E-state index >= 15 is 0 Å². The lowest BCUT2D eigenvalue weighted by molar-refractivity contribution is -0.129. The third-order valence-electron chi connectivity index (χ3n) is 4.10. The molecule has 0 aromatic carbocycles. The average molecular weight is 269 g/mol. The van der Waals surface area contributed by atoms with Gasteiger partial charge in [0.1, 0.15) is 0 Å². The zero-order valence-electron chi connectivity index (χ0n) is 12.2. The molecule has 5 nitrogen and oxygen atoms in total. The van der Waals surface area contributed by atoms with Gasteiger partial charge in [0.2, 0.25) is 11.8 Å². The van der Waals surface area contributed by atoms with Gasteiger partial charge in [-0.15, -0.1) is 0 Å². The molecule has 4 atom stereocenters. The molecule has 1 saturated carbocycles. The Morgan fingerprint density at radius 3 is 2.42 bits per heavy atom. The molecule has 0 aliphatic heterocycles. The van der Waals surface area contributed by atoms with Gasteiger partial charge in [0.15, 0.2) is 0 Å². The Kier molecular flexibility index (Phi) is 6.28. The van der Waals surface area contributed by atoms with Crippen molar-refractivity contribution in [3.05, 3.63) is 0 Å². The van der Waals surface area contributed by atoms with E-state index in [1.165, 1.54) is 0 Å². The fraction of sp³-hybridized carbons (Fsp3) is 0.857. The van der Waals surface area contributed by atoms with Gasteiger partial charge in [0.25, 0.3) is 0 Å². The number of hydrogen-bond donors (Lipinski definition) is 3. The molecule has 0 unspecified atom stereocenters. The van der Waals surface area contributed by atoms with Gasteiger partial charge in [0, 0.05) is 19.0 Å². The SMILES string of the molecule is CC[C@@H](C(=O)NC)[C@H]1CCCC[C@H]1NC(=O)[C@@H](C)N. The van der Waals surface area contributed by atoms with E-state index in [1.54, 1.807) is 14.0 Å². The quantitative estimate of drug-likeness (QED) is 0.689. The third kappa shape index (κ3) is 4.20. The molecule has 4 N–H and O–H groups in total. The molecule has 5 heteroatoms. The van der Waals surface area contributed by atoms with Gasteiger partial charge in [-0.1, -0.05) is 19.8 Å². The number of nitrogens with two attached hydrogens (primary N) is 1. The number of hydrogen-bond acceptors (Lipinski definition) is 3. The van der Waals surface area contributed by atoms with E-state index in [4.69, 9.17) is 5.73 Å². The Morgan fingerprint density at radius 2 is 1.89 bits per heavy atom. The minimum Gasteiger partial charge on any atom is -0.359 e. The largest absolute Gasteiger partial charge is 0.359 e. The topological polar surface area (TPSA) is 84.2 Å². The lowest BCUT2D eigenvalue weighted by Gasteiger charge is -2.36. The molecule has 0 spiro atoms. The molecule has 110 valence electrons. The Balaban J connectivity index is 2.76. The minimum atomic E-state index is -0.498. The molecule has 19 heavy (non-hydrogen) atoms. The van der Waals surface area contributed by atoms with Crippen LogP contribution in [0.1, 0.15) is 46.0 Å². The molecule has 0 bridgehead atoms. The molecular formula is C14H27N3O2. The maximum absolute atomic E-state index is 12.0. The molecule has 0 radical (unpaired) electrons. The second-order valence-electron chi connectivity index (χ2n) is 5.48. The molecule has 0 aromatic heterocycles. The predicted octanol–water partition coefficient (Wildman–Crippen LogP) is 0.781. The first-order valence-corrected chi connectivity index (χ1v) is 7.28. The van der Waals surface area contributed by atoms with Crippen LogP contribution in [-0.2, 0) is 9.59 Å². The zero-order chi connectivity index (χ0) is 14.4. The van der Waals surface area contributed by atoms with Crippen molar-refractivity contribution in [2.24, 2.45) is 17.6 Å². The number of carbonyl (C=O) groups is 2. The van der Waals surface area contributed by atoms with Crippen LogP contribution in [0.4, 0.5) is 0 Å². The van der Waals surface area contributed by atoms with Crippen molar-refractivity contribution in [3.8, 4) is 0 Å². The first-order valence-electron chi connectivity index (χ1n) is 7.28. The first kappa shape index (κ1) is 16.0. The number of carbonyl (C=O) groups excluding carboxylic acids is 2. The van der Waals surface area contributed by atoms with Crippen LogP contribution in [0.15, 0.2) is 0 Å². The second-order valence-corrected chi connectivity index (χ2v) is 5.48. The van der Waals surface area contributed by atoms with Gasteiger partial charge in [-0.2, -0.15) is 0 Å². The lowest BCUT2D eigenvalue weighted by atomic mass is 9.75. The second kappa shape index (κ2) is 7.48. The molecule has 0 saturated heterocycles. The van der Waals surface area contributed by atoms with Crippen molar-refractivity contribution >= 4 is 11.8 Å². The average Bonchev–Trinajstić information content (AvgIpc) is 2.40. The summed E-state index contributed by atoms with van der Waals surface area (Å²) in [7, 11) is 1.67. The Bertz CT molecular complexity index is 318. The van der Waals surface area contributed by atoms with Crippen LogP contribution in [0.2, 0.25) is 0 Å². The van der Waals surface area contributed by atoms with Gasteiger partial charge >= 0.3 is 0 Å². The van der Waals surface area contributed by atoms with E-state index in [2.05, 4.69) is 10.6 Å². The fourth-order valence-electron chi connectivity index (χ4n) is 3.00. The van der Waals surface area contributed by atoms with Crippen LogP contribution in [0.25, 0.3) is 0 Å². The van der Waals surface area contributed by atoms with E-state index in [0.29, 0.717) is 0 Å². The van der Waals surface area contributed by atoms with Gasteiger partial charge in [-0.3, -0.25) is 9.59 Å². The summed E-state index contributed by atoms with van der Waals surface area (Å²) in [6.45, 7) is 3.71. The highest BCUT2D eigenvalue weighted by Gasteiger charge is 2.35. The maximum atomic E-state index is 12.0. The van der Waals surface area contributed by atoms with Crippen LogP contribution in [0, 0.1) is 11.8 Å². The first-order chi connectivity index (χ1) is 9.01. The summed E-state index contributed by atoms with van der Waals surface area (Å²) in [6.07, 6.45) is 4.97. The van der Waals surface area contributed by atoms with Crippen molar-refractivity contribution in [2.75, 3.05) is 7.05 Å². The van der Waals surface area contributed by atoms with E-state index in [9.17, 15) is 9.59 Å². The zero-order valence-corrected chi connectivity index (χ0v) is 12.2. The van der Waals surface area contributed by atoms with Gasteiger partial charge < -0.3 is 16.4 Å². The molecule has 1 rings (SSSR count). The number of rotatable bonds is 5. The number of nitrogens with one attached hydrogen (secondary N) is 2. The van der Waals surface area contributed by atoms with Crippen molar-refractivity contribution < 1.29 is 9.59 Å². The summed E-state index contributed by atoms with van der Waals surface area (Å²) in [5, 5.41) is 5.75. The van der Waals surface area contributed by atoms with Crippen LogP contribution in [-0.4, -0.2) is 30.9 Å². The van der Waals surface area contributed by atoms with Crippen LogP contribution >= 0.6 is 0 Å². The third-order valence-corrected chi connectivity index (χ3v) is 4.10. The highest BCUT2D eigenvalue weighted by Crippen LogP contribution is 2.32. The van der Waals surface area contributed by atoms with Crippen molar-refractivity contribution in [1.29, 1.82) is 0 Å². The Morgan fingerprint density at radius 1 is 1.26 bits per heavy atom. The molecule has 1 aliphatic carbocycles. The maximum Gasteiger partial charge on any atom is 0.236 e. The summed E-state index contributed by atoms with van der Waals surface area (Å²) in [5.41, 5.74) is 5.60. The molecule has 1 fully saturated rings. The molecular weight excluding hydrogens is 242 g/mol. The van der Waals surface area contributed by atoms with E-state index in [0.717, 1.165) is 32.1 Å². The minimum absolute atomic E-state index is 0.0244. The highest BCUT2D eigenvalue weighted by atomic mass is 16.2. The standard InChI is InChI=1S/C14H27N3O2/c1-4-10(14(19)16-3)11-7-5-6-8-12(11)17-13(18)9(2)15/h9-12H,4-8,15H2,1-3H3,(H,16,19)(H,17,18)/t9-,10-,11-,12-/m1/s1. The highest BCUT2D eigenvalue weighted by molar-refractivity contribution is 5.82. The smallest absolute Gasteiger partial charge is 0.236 e. The summed E-state index contributed by atoms with van der Waals surface area (Å²) in [4.78, 5) is 23.7. The number of amides is 2. The predicted molar refractivity (Wildman–Crippen MR) is 75.4 cm³/mol. The van der Waals surface area contributed by atoms with E-state index in [-0.39, 0.29) is 29.7 Å². The van der Waals surface area contributed by atoms with Crippen LogP contribution in [0.3, 0.4) is 0 Å². The van der Waals surface area contributed by atoms with E-state index in [1.807, 2.05) is 6.92 Å². The van der Waals surface area contributed by atoms with Gasteiger partial charge in [0.05, 0.1) is 6.04 Å². The Hall–Kier alpha value is -1.10. The van der Waals surface area contributed by atoms with Crippen LogP contribution in [0.5, 0.6) is 0 Å². The lowest BCUT2D eigenvalue weighted by Crippen LogP contribution is -2.51. The van der Waals surface area contributed by atoms with Crippen molar-refractivity contribution in [3.63, 3.8) is 0 Å². The van der Waals surface area contributed by atoms with E-state index < -0.39 is 6.04 Å². The monoisotopic (exact) mass is 269 g/mol. The Labute approximate surface area is 115 Å². The van der Waals surface area contributed by atoms with Crippen molar-refractivity contribution in [2.45, 2.75) is 58.0 Å². The molecule has 2 amide bonds. The summed E-state index contributed by atoms with van der Waals surface area (Å²) in [6, 6.07) is -0.419. The van der Waals surface area contributed by atoms with Gasteiger partial charge in [-0.05, 0) is 32.1 Å². The summed E-state index contributed by atoms with van der Waals surface area (Å²) >= 11 is 0. The summed E-state index contributed by atoms with van der Waals surface area (Å²) in [5.74, 6) is 0.156. The van der Waals surface area contributed by atoms with Crippen molar-refractivity contribution in [1.82, 2.24) is 10.6 Å². The fourth-order valence-corrected chi connectivity index (χ4v) is 3.00. The molecule has 0 heterocycles. The normalized spacial score (nSPS) is 26.3.